The molecule has 0 radical (unpaired) electrons. The molecule has 138 valence electrons. The van der Waals surface area contributed by atoms with E-state index in [1.165, 1.54) is 0 Å². The molecule has 1 saturated heterocycles. The SMILES string of the molecule is CCOP(=O)(OCC)C1(SC)S[C@@H]([Si](C)(C)C)[C@H]([Si](C)(C)C)S1. The van der Waals surface area contributed by atoms with Gasteiger partial charge in [0.1, 0.15) is 0 Å². The highest BCUT2D eigenvalue weighted by Gasteiger charge is 2.63. The van der Waals surface area contributed by atoms with E-state index in [0.717, 1.165) is 0 Å². The molecule has 0 unspecified atom stereocenters. The van der Waals surface area contributed by atoms with Crippen LogP contribution in [-0.2, 0) is 13.6 Å². The summed E-state index contributed by atoms with van der Waals surface area (Å²) in [6.45, 7) is 19.2. The first-order valence-electron chi connectivity index (χ1n) is 8.17. The van der Waals surface area contributed by atoms with Crippen molar-refractivity contribution in [2.45, 2.75) is 66.0 Å². The summed E-state index contributed by atoms with van der Waals surface area (Å²) in [4.78, 5) is 1.17. The third kappa shape index (κ3) is 4.87. The normalized spacial score (nSPS) is 25.8. The zero-order valence-corrected chi connectivity index (χ0v) is 21.3. The van der Waals surface area contributed by atoms with Crippen molar-refractivity contribution in [3.05, 3.63) is 0 Å². The van der Waals surface area contributed by atoms with Gasteiger partial charge in [0.25, 0.3) is 0 Å². The zero-order valence-electron chi connectivity index (χ0n) is 16.0. The molecule has 0 aromatic heterocycles. The van der Waals surface area contributed by atoms with E-state index < -0.39 is 26.9 Å². The van der Waals surface area contributed by atoms with E-state index in [4.69, 9.17) is 9.05 Å². The molecule has 1 aliphatic heterocycles. The Kier molecular flexibility index (Phi) is 8.00. The Morgan fingerprint density at radius 1 is 0.957 bits per heavy atom. The van der Waals surface area contributed by atoms with E-state index in [9.17, 15) is 4.57 Å². The maximum absolute atomic E-state index is 13.6. The Hall–Kier alpha value is 1.63. The van der Waals surface area contributed by atoms with Crippen LogP contribution < -0.4 is 0 Å². The van der Waals surface area contributed by atoms with Gasteiger partial charge in [-0.25, -0.2) is 0 Å². The highest BCUT2D eigenvalue weighted by Crippen LogP contribution is 2.79. The van der Waals surface area contributed by atoms with Crippen molar-refractivity contribution in [3.63, 3.8) is 0 Å². The average molecular weight is 433 g/mol. The minimum Gasteiger partial charge on any atom is -0.307 e. The van der Waals surface area contributed by atoms with Gasteiger partial charge in [0.15, 0.2) is 0 Å². The zero-order chi connectivity index (χ0) is 18.1. The van der Waals surface area contributed by atoms with Crippen molar-refractivity contribution in [3.8, 4) is 0 Å². The van der Waals surface area contributed by atoms with Crippen LogP contribution in [0.25, 0.3) is 0 Å². The minimum atomic E-state index is -3.18. The van der Waals surface area contributed by atoms with Crippen LogP contribution in [0.3, 0.4) is 0 Å². The smallest absolute Gasteiger partial charge is 0.307 e. The summed E-state index contributed by atoms with van der Waals surface area (Å²) in [5.41, 5.74) is 0. The second kappa shape index (κ2) is 8.11. The van der Waals surface area contributed by atoms with E-state index in [1.54, 1.807) is 11.8 Å². The Morgan fingerprint density at radius 2 is 1.30 bits per heavy atom. The quantitative estimate of drug-likeness (QED) is 0.336. The largest absolute Gasteiger partial charge is 0.366 e. The maximum Gasteiger partial charge on any atom is 0.366 e. The van der Waals surface area contributed by atoms with Gasteiger partial charge < -0.3 is 9.05 Å². The van der Waals surface area contributed by atoms with Crippen LogP contribution in [0.15, 0.2) is 0 Å². The molecule has 0 amide bonds. The fraction of sp³-hybridized carbons (Fsp3) is 1.00. The van der Waals surface area contributed by atoms with E-state index in [-0.39, 0.29) is 0 Å². The van der Waals surface area contributed by atoms with Crippen LogP contribution >= 0.6 is 42.9 Å². The Morgan fingerprint density at radius 3 is 1.52 bits per heavy atom. The van der Waals surface area contributed by atoms with Gasteiger partial charge >= 0.3 is 7.60 Å². The lowest BCUT2D eigenvalue weighted by Gasteiger charge is -2.35. The van der Waals surface area contributed by atoms with Gasteiger partial charge in [0.2, 0.25) is 3.15 Å². The van der Waals surface area contributed by atoms with Gasteiger partial charge in [0, 0.05) is 9.75 Å². The Balaban J connectivity index is 3.34. The van der Waals surface area contributed by atoms with Crippen LogP contribution in [0.1, 0.15) is 13.8 Å². The Bertz CT molecular complexity index is 420. The van der Waals surface area contributed by atoms with Gasteiger partial charge in [0.05, 0.1) is 29.4 Å². The average Bonchev–Trinajstić information content (AvgIpc) is 2.80. The molecule has 9 heteroatoms. The molecular formula is C14H33O3PS3Si2. The fourth-order valence-corrected chi connectivity index (χ4v) is 23.9. The van der Waals surface area contributed by atoms with Gasteiger partial charge in [-0.15, -0.1) is 35.3 Å². The molecular weight excluding hydrogens is 399 g/mol. The predicted molar refractivity (Wildman–Crippen MR) is 117 cm³/mol. The molecule has 1 heterocycles. The van der Waals surface area contributed by atoms with Crippen molar-refractivity contribution in [1.29, 1.82) is 0 Å². The molecule has 0 bridgehead atoms. The molecule has 0 N–H and O–H groups in total. The van der Waals surface area contributed by atoms with Gasteiger partial charge in [-0.3, -0.25) is 4.57 Å². The summed E-state index contributed by atoms with van der Waals surface area (Å²) in [5.74, 6) is 0. The second-order valence-corrected chi connectivity index (χ2v) is 27.0. The standard InChI is InChI=1S/C14H33O3PS3Si2/c1-10-16-18(15,17-11-2)14(19-3)20-12(22(4,5)6)13(21-14)23(7,8)9/h12-13H,10-11H2,1-9H3/t12-,13-/m0/s1. The summed E-state index contributed by atoms with van der Waals surface area (Å²) >= 11 is 5.46. The predicted octanol–water partition coefficient (Wildman–Crippen LogP) is 6.20. The molecule has 1 rings (SSSR count). The lowest BCUT2D eigenvalue weighted by atomic mass is 10.9. The molecule has 0 aromatic rings. The lowest BCUT2D eigenvalue weighted by molar-refractivity contribution is 0.221. The first kappa shape index (κ1) is 22.7. The summed E-state index contributed by atoms with van der Waals surface area (Å²) in [7, 11) is -5.97. The van der Waals surface area contributed by atoms with Crippen LogP contribution in [-0.4, -0.2) is 48.5 Å². The first-order chi connectivity index (χ1) is 10.4. The van der Waals surface area contributed by atoms with Crippen LogP contribution in [0.2, 0.25) is 39.3 Å². The van der Waals surface area contributed by atoms with Crippen LogP contribution in [0.5, 0.6) is 0 Å². The maximum atomic E-state index is 13.6. The lowest BCUT2D eigenvalue weighted by Crippen LogP contribution is -2.50. The molecule has 0 saturated carbocycles. The van der Waals surface area contributed by atoms with Gasteiger partial charge in [-0.2, -0.15) is 0 Å². The third-order valence-electron chi connectivity index (χ3n) is 3.73. The summed E-state index contributed by atoms with van der Waals surface area (Å²) in [5, 5.41) is 0. The van der Waals surface area contributed by atoms with E-state index in [1.807, 2.05) is 37.4 Å². The van der Waals surface area contributed by atoms with E-state index >= 15 is 0 Å². The van der Waals surface area contributed by atoms with Crippen molar-refractivity contribution >= 4 is 59.0 Å². The van der Waals surface area contributed by atoms with Crippen LogP contribution in [0, 0.1) is 0 Å². The molecule has 3 nitrogen and oxygen atoms in total. The minimum absolute atomic E-state index is 0.427. The Labute approximate surface area is 157 Å². The highest BCUT2D eigenvalue weighted by atomic mass is 32.3. The molecule has 0 spiro atoms. The number of hydrogen-bond acceptors (Lipinski definition) is 6. The number of rotatable bonds is 8. The highest BCUT2D eigenvalue weighted by molar-refractivity contribution is 8.43. The van der Waals surface area contributed by atoms with Crippen molar-refractivity contribution in [1.82, 2.24) is 0 Å². The molecule has 0 aliphatic carbocycles. The van der Waals surface area contributed by atoms with Gasteiger partial charge in [-0.05, 0) is 20.1 Å². The first-order valence-corrected chi connectivity index (χ1v) is 19.8. The second-order valence-electron chi connectivity index (χ2n) is 7.87. The monoisotopic (exact) mass is 432 g/mol. The molecule has 2 atom stereocenters. The number of thioether (sulfide) groups is 3. The fourth-order valence-electron chi connectivity index (χ4n) is 2.61. The van der Waals surface area contributed by atoms with Gasteiger partial charge in [-0.1, -0.05) is 39.3 Å². The van der Waals surface area contributed by atoms with Crippen molar-refractivity contribution < 1.29 is 13.6 Å². The third-order valence-corrected chi connectivity index (χ3v) is 23.1. The van der Waals surface area contributed by atoms with Crippen LogP contribution in [0.4, 0.5) is 0 Å². The summed E-state index contributed by atoms with van der Waals surface area (Å²) in [6, 6.07) is 0. The summed E-state index contributed by atoms with van der Waals surface area (Å²) in [6.07, 6.45) is 2.05. The van der Waals surface area contributed by atoms with E-state index in [2.05, 4.69) is 45.5 Å². The molecule has 0 aromatic carbocycles. The molecule has 1 fully saturated rings. The number of hydrogen-bond donors (Lipinski definition) is 0. The van der Waals surface area contributed by atoms with E-state index in [0.29, 0.717) is 23.0 Å². The van der Waals surface area contributed by atoms with Crippen molar-refractivity contribution in [2.24, 2.45) is 0 Å². The summed E-state index contributed by atoms with van der Waals surface area (Å²) < 4.78 is 24.7. The van der Waals surface area contributed by atoms with Crippen molar-refractivity contribution in [2.75, 3.05) is 19.5 Å². The molecule has 1 aliphatic rings. The topological polar surface area (TPSA) is 35.5 Å². The molecule has 23 heavy (non-hydrogen) atoms.